The molecule has 1 amide bonds. The molecule has 32 heavy (non-hydrogen) atoms. The van der Waals surface area contributed by atoms with Crippen LogP contribution in [0.25, 0.3) is 6.08 Å². The largest absolute Gasteiger partial charge is 0.493 e. The molecule has 3 rings (SSSR count). The van der Waals surface area contributed by atoms with Gasteiger partial charge in [0, 0.05) is 6.08 Å². The van der Waals surface area contributed by atoms with E-state index in [0.29, 0.717) is 23.7 Å². The van der Waals surface area contributed by atoms with Gasteiger partial charge < -0.3 is 14.8 Å². The summed E-state index contributed by atoms with van der Waals surface area (Å²) in [6.45, 7) is 0.368. The van der Waals surface area contributed by atoms with Crippen LogP contribution in [-0.2, 0) is 17.6 Å². The SMILES string of the molecule is COc1cc(C=CC(=O)Nc2cc(C(F)(F)F)ccc2Cl)ccc1OCc1ccccc1. The standard InChI is InChI=1S/C24H19ClF3NO3/c1-31-22-13-16(7-11-21(22)32-15-17-5-3-2-4-6-17)8-12-23(30)29-20-14-18(24(26,27)28)9-10-19(20)25/h2-14H,15H2,1H3,(H,29,30). The molecule has 0 radical (unpaired) electrons. The number of hydrogen-bond acceptors (Lipinski definition) is 3. The number of halogens is 4. The molecule has 0 unspecified atom stereocenters. The maximum Gasteiger partial charge on any atom is 0.416 e. The predicted octanol–water partition coefficient (Wildman–Crippen LogP) is 6.60. The summed E-state index contributed by atoms with van der Waals surface area (Å²) in [5.74, 6) is 0.382. The van der Waals surface area contributed by atoms with Crippen molar-refractivity contribution < 1.29 is 27.4 Å². The normalized spacial score (nSPS) is 11.4. The molecule has 3 aromatic carbocycles. The molecule has 0 saturated carbocycles. The van der Waals surface area contributed by atoms with E-state index in [1.807, 2.05) is 30.3 Å². The van der Waals surface area contributed by atoms with Crippen molar-refractivity contribution in [1.29, 1.82) is 0 Å². The lowest BCUT2D eigenvalue weighted by molar-refractivity contribution is -0.137. The highest BCUT2D eigenvalue weighted by Gasteiger charge is 2.31. The number of methoxy groups -OCH3 is 1. The fourth-order valence-electron chi connectivity index (χ4n) is 2.79. The quantitative estimate of drug-likeness (QED) is 0.403. The summed E-state index contributed by atoms with van der Waals surface area (Å²) in [5, 5.41) is 2.36. The van der Waals surface area contributed by atoms with Crippen molar-refractivity contribution >= 4 is 29.3 Å². The Balaban J connectivity index is 1.67. The van der Waals surface area contributed by atoms with E-state index in [9.17, 15) is 18.0 Å². The summed E-state index contributed by atoms with van der Waals surface area (Å²) >= 11 is 5.90. The highest BCUT2D eigenvalue weighted by molar-refractivity contribution is 6.33. The zero-order chi connectivity index (χ0) is 23.1. The molecule has 0 aliphatic carbocycles. The molecule has 166 valence electrons. The smallest absolute Gasteiger partial charge is 0.416 e. The molecule has 0 spiro atoms. The number of nitrogens with one attached hydrogen (secondary N) is 1. The topological polar surface area (TPSA) is 47.6 Å². The molecule has 4 nitrogen and oxygen atoms in total. The average molecular weight is 462 g/mol. The third-order valence-electron chi connectivity index (χ3n) is 4.40. The summed E-state index contributed by atoms with van der Waals surface area (Å²) in [4.78, 5) is 12.2. The van der Waals surface area contributed by atoms with E-state index < -0.39 is 17.6 Å². The number of rotatable bonds is 7. The summed E-state index contributed by atoms with van der Waals surface area (Å²) in [6.07, 6.45) is -1.85. The Hall–Kier alpha value is -3.45. The Morgan fingerprint density at radius 2 is 1.78 bits per heavy atom. The first kappa shape index (κ1) is 23.2. The highest BCUT2D eigenvalue weighted by atomic mass is 35.5. The minimum atomic E-state index is -4.54. The Morgan fingerprint density at radius 1 is 1.03 bits per heavy atom. The van der Waals surface area contributed by atoms with E-state index >= 15 is 0 Å². The highest BCUT2D eigenvalue weighted by Crippen LogP contribution is 2.34. The second-order valence-corrected chi connectivity index (χ2v) is 7.11. The van der Waals surface area contributed by atoms with Gasteiger partial charge in [-0.05, 0) is 47.5 Å². The summed E-state index contributed by atoms with van der Waals surface area (Å²) in [6, 6.07) is 17.5. The van der Waals surface area contributed by atoms with Crippen LogP contribution in [0.2, 0.25) is 5.02 Å². The van der Waals surface area contributed by atoms with Crippen LogP contribution in [-0.4, -0.2) is 13.0 Å². The van der Waals surface area contributed by atoms with Crippen molar-refractivity contribution in [1.82, 2.24) is 0 Å². The number of amides is 1. The fraction of sp³-hybridized carbons (Fsp3) is 0.125. The molecule has 8 heteroatoms. The molecule has 0 atom stereocenters. The van der Waals surface area contributed by atoms with E-state index in [1.165, 1.54) is 19.3 Å². The molecule has 3 aromatic rings. The zero-order valence-electron chi connectivity index (χ0n) is 16.9. The van der Waals surface area contributed by atoms with Crippen LogP contribution in [0.15, 0.2) is 72.8 Å². The second kappa shape index (κ2) is 10.2. The minimum Gasteiger partial charge on any atom is -0.493 e. The number of alkyl halides is 3. The molecule has 0 heterocycles. The van der Waals surface area contributed by atoms with E-state index in [-0.39, 0.29) is 10.7 Å². The van der Waals surface area contributed by atoms with Gasteiger partial charge in [0.25, 0.3) is 0 Å². The van der Waals surface area contributed by atoms with Crippen molar-refractivity contribution in [3.63, 3.8) is 0 Å². The van der Waals surface area contributed by atoms with Gasteiger partial charge in [-0.2, -0.15) is 13.2 Å². The number of carbonyl (C=O) groups excluding carboxylic acids is 1. The van der Waals surface area contributed by atoms with Gasteiger partial charge in [-0.1, -0.05) is 48.0 Å². The third kappa shape index (κ3) is 6.28. The molecular weight excluding hydrogens is 443 g/mol. The Labute approximate surface area is 188 Å². The fourth-order valence-corrected chi connectivity index (χ4v) is 2.95. The molecule has 0 aromatic heterocycles. The Morgan fingerprint density at radius 3 is 2.47 bits per heavy atom. The van der Waals surface area contributed by atoms with Crippen LogP contribution in [0.3, 0.4) is 0 Å². The zero-order valence-corrected chi connectivity index (χ0v) is 17.7. The Bertz CT molecular complexity index is 1120. The lowest BCUT2D eigenvalue weighted by atomic mass is 10.1. The van der Waals surface area contributed by atoms with E-state index in [0.717, 1.165) is 23.8 Å². The van der Waals surface area contributed by atoms with Crippen molar-refractivity contribution in [2.75, 3.05) is 12.4 Å². The molecule has 0 aliphatic heterocycles. The summed E-state index contributed by atoms with van der Waals surface area (Å²) < 4.78 is 49.8. The number of carbonyl (C=O) groups is 1. The predicted molar refractivity (Wildman–Crippen MR) is 118 cm³/mol. The van der Waals surface area contributed by atoms with Crippen LogP contribution in [0.4, 0.5) is 18.9 Å². The molecule has 1 N–H and O–H groups in total. The van der Waals surface area contributed by atoms with Gasteiger partial charge in [-0.3, -0.25) is 4.79 Å². The van der Waals surface area contributed by atoms with Gasteiger partial charge in [0.15, 0.2) is 11.5 Å². The van der Waals surface area contributed by atoms with E-state index in [2.05, 4.69) is 5.32 Å². The van der Waals surface area contributed by atoms with Crippen molar-refractivity contribution in [2.45, 2.75) is 12.8 Å². The Kier molecular flexibility index (Phi) is 7.43. The first-order valence-electron chi connectivity index (χ1n) is 9.47. The number of ether oxygens (including phenoxy) is 2. The number of benzene rings is 3. The van der Waals surface area contributed by atoms with E-state index in [1.54, 1.807) is 18.2 Å². The van der Waals surface area contributed by atoms with Crippen molar-refractivity contribution in [3.8, 4) is 11.5 Å². The molecule has 0 aliphatic rings. The second-order valence-electron chi connectivity index (χ2n) is 6.70. The lowest BCUT2D eigenvalue weighted by Gasteiger charge is -2.12. The van der Waals surface area contributed by atoms with Crippen LogP contribution in [0, 0.1) is 0 Å². The van der Waals surface area contributed by atoms with Gasteiger partial charge in [-0.25, -0.2) is 0 Å². The summed E-state index contributed by atoms with van der Waals surface area (Å²) in [7, 11) is 1.50. The van der Waals surface area contributed by atoms with Crippen LogP contribution >= 0.6 is 11.6 Å². The number of anilines is 1. The molecule has 0 fully saturated rings. The van der Waals surface area contributed by atoms with Gasteiger partial charge >= 0.3 is 6.18 Å². The maximum absolute atomic E-state index is 12.9. The van der Waals surface area contributed by atoms with Gasteiger partial charge in [-0.15, -0.1) is 0 Å². The summed E-state index contributed by atoms with van der Waals surface area (Å²) in [5.41, 5.74) is 0.609. The minimum absolute atomic E-state index is 0.00124. The van der Waals surface area contributed by atoms with Crippen molar-refractivity contribution in [2.24, 2.45) is 0 Å². The lowest BCUT2D eigenvalue weighted by Crippen LogP contribution is -2.11. The third-order valence-corrected chi connectivity index (χ3v) is 4.73. The van der Waals surface area contributed by atoms with Crippen LogP contribution in [0.1, 0.15) is 16.7 Å². The number of hydrogen-bond donors (Lipinski definition) is 1. The molecular formula is C24H19ClF3NO3. The molecule has 0 bridgehead atoms. The first-order valence-corrected chi connectivity index (χ1v) is 9.84. The van der Waals surface area contributed by atoms with Gasteiger partial charge in [0.05, 0.1) is 23.4 Å². The van der Waals surface area contributed by atoms with Crippen LogP contribution in [0.5, 0.6) is 11.5 Å². The maximum atomic E-state index is 12.9. The van der Waals surface area contributed by atoms with Gasteiger partial charge in [0.2, 0.25) is 5.91 Å². The van der Waals surface area contributed by atoms with Crippen molar-refractivity contribution in [3.05, 3.63) is 94.5 Å². The monoisotopic (exact) mass is 461 g/mol. The van der Waals surface area contributed by atoms with Gasteiger partial charge in [0.1, 0.15) is 6.61 Å². The van der Waals surface area contributed by atoms with Crippen LogP contribution < -0.4 is 14.8 Å². The first-order chi connectivity index (χ1) is 15.3. The molecule has 0 saturated heterocycles. The average Bonchev–Trinajstić information content (AvgIpc) is 2.78. The van der Waals surface area contributed by atoms with E-state index in [4.69, 9.17) is 21.1 Å².